The van der Waals surface area contributed by atoms with Crippen LogP contribution in [0.2, 0.25) is 0 Å². The molecule has 2 N–H and O–H groups in total. The Bertz CT molecular complexity index is 1280. The van der Waals surface area contributed by atoms with Gasteiger partial charge in [0, 0.05) is 44.0 Å². The number of carbonyl (C=O) groups excluding carboxylic acids is 1. The number of sulfonamides is 1. The van der Waals surface area contributed by atoms with Gasteiger partial charge >= 0.3 is 0 Å². The van der Waals surface area contributed by atoms with E-state index >= 15 is 0 Å². The summed E-state index contributed by atoms with van der Waals surface area (Å²) in [4.78, 5) is 21.2. The molecule has 4 rings (SSSR count). The number of hydrogen-bond donors (Lipinski definition) is 2. The summed E-state index contributed by atoms with van der Waals surface area (Å²) in [5.74, 6) is 0.183. The summed E-state index contributed by atoms with van der Waals surface area (Å²) in [6.07, 6.45) is 3.06. The number of β-amino-alcohol motifs (C(OH)–C–C–N with tert-alkyl or cyclic N) is 1. The number of aromatic nitrogens is 1. The van der Waals surface area contributed by atoms with Gasteiger partial charge in [-0.3, -0.25) is 14.4 Å². The lowest BCUT2D eigenvalue weighted by Crippen LogP contribution is -2.41. The molecule has 1 amide bonds. The van der Waals surface area contributed by atoms with Gasteiger partial charge in [0.25, 0.3) is 5.91 Å². The molecule has 0 spiro atoms. The summed E-state index contributed by atoms with van der Waals surface area (Å²) in [7, 11) is -1.66. The minimum Gasteiger partial charge on any atom is -0.467 e. The zero-order valence-electron chi connectivity index (χ0n) is 19.8. The molecule has 1 aliphatic rings. The number of rotatable bonds is 9. The number of fused-ring (bicyclic) bond motifs is 1. The standard InChI is InChI=1S/C25H30N4O5S/c1-28(24(31)17-34-25-22-6-4-3-5-18(22)11-13-26-25)23(16-29-14-12-21(30)15-29)19-7-9-20(10-8-19)27-35(2,32)33/h3-11,13,21,23,27,30H,12,14-17H2,1-2H3/t21-,23+/m0/s1. The molecule has 2 atom stereocenters. The maximum Gasteiger partial charge on any atom is 0.260 e. The van der Waals surface area contributed by atoms with Crippen molar-refractivity contribution < 1.29 is 23.1 Å². The van der Waals surface area contributed by atoms with Gasteiger partial charge in [-0.05, 0) is 41.6 Å². The van der Waals surface area contributed by atoms with E-state index in [1.807, 2.05) is 42.5 Å². The number of carbonyl (C=O) groups is 1. The minimum atomic E-state index is -3.39. The van der Waals surface area contributed by atoms with Crippen molar-refractivity contribution in [3.05, 3.63) is 66.4 Å². The number of benzene rings is 2. The van der Waals surface area contributed by atoms with Gasteiger partial charge in [0.1, 0.15) is 0 Å². The molecule has 9 nitrogen and oxygen atoms in total. The van der Waals surface area contributed by atoms with Gasteiger partial charge < -0.3 is 14.7 Å². The Morgan fingerprint density at radius 2 is 1.97 bits per heavy atom. The molecule has 0 bridgehead atoms. The number of pyridine rings is 1. The summed E-state index contributed by atoms with van der Waals surface area (Å²) in [6.45, 7) is 1.64. The molecule has 10 heteroatoms. The first kappa shape index (κ1) is 24.9. The van der Waals surface area contributed by atoms with Crippen LogP contribution in [-0.4, -0.2) is 79.9 Å². The molecule has 35 heavy (non-hydrogen) atoms. The predicted octanol–water partition coefficient (Wildman–Crippen LogP) is 2.25. The summed E-state index contributed by atoms with van der Waals surface area (Å²) >= 11 is 0. The van der Waals surface area contributed by atoms with E-state index < -0.39 is 10.0 Å². The molecule has 1 saturated heterocycles. The smallest absolute Gasteiger partial charge is 0.260 e. The second-order valence-corrected chi connectivity index (χ2v) is 10.6. The second kappa shape index (κ2) is 10.6. The van der Waals surface area contributed by atoms with Crippen LogP contribution in [0.4, 0.5) is 5.69 Å². The number of ether oxygens (including phenoxy) is 1. The summed E-state index contributed by atoms with van der Waals surface area (Å²) in [5, 5.41) is 11.8. The second-order valence-electron chi connectivity index (χ2n) is 8.84. The van der Waals surface area contributed by atoms with Gasteiger partial charge in [-0.25, -0.2) is 13.4 Å². The van der Waals surface area contributed by atoms with Crippen molar-refractivity contribution in [1.29, 1.82) is 0 Å². The van der Waals surface area contributed by atoms with Crippen molar-refractivity contribution in [3.63, 3.8) is 0 Å². The highest BCUT2D eigenvalue weighted by Gasteiger charge is 2.28. The highest BCUT2D eigenvalue weighted by atomic mass is 32.2. The minimum absolute atomic E-state index is 0.176. The van der Waals surface area contributed by atoms with Crippen LogP contribution in [0, 0.1) is 0 Å². The average Bonchev–Trinajstić information content (AvgIpc) is 3.25. The lowest BCUT2D eigenvalue weighted by molar-refractivity contribution is -0.134. The summed E-state index contributed by atoms with van der Waals surface area (Å²) in [5.41, 5.74) is 1.30. The molecular weight excluding hydrogens is 468 g/mol. The Hall–Kier alpha value is -3.21. The molecule has 0 saturated carbocycles. The SMILES string of the molecule is CN(C(=O)COc1nccc2ccccc12)[C@H](CN1CC[C@H](O)C1)c1ccc(NS(C)(=O)=O)cc1. The Morgan fingerprint density at radius 1 is 1.23 bits per heavy atom. The normalized spacial score (nSPS) is 17.3. The molecule has 3 aromatic rings. The topological polar surface area (TPSA) is 112 Å². The van der Waals surface area contributed by atoms with Crippen molar-refractivity contribution in [2.24, 2.45) is 0 Å². The van der Waals surface area contributed by atoms with Crippen molar-refractivity contribution >= 4 is 32.4 Å². The Kier molecular flexibility index (Phi) is 7.54. The van der Waals surface area contributed by atoms with Gasteiger partial charge in [0.2, 0.25) is 15.9 Å². The average molecular weight is 499 g/mol. The van der Waals surface area contributed by atoms with Crippen LogP contribution >= 0.6 is 0 Å². The number of aliphatic hydroxyl groups excluding tert-OH is 1. The third-order valence-corrected chi connectivity index (χ3v) is 6.71. The van der Waals surface area contributed by atoms with Crippen molar-refractivity contribution in [2.45, 2.75) is 18.6 Å². The van der Waals surface area contributed by atoms with Crippen LogP contribution in [-0.2, 0) is 14.8 Å². The number of aliphatic hydroxyl groups is 1. The van der Waals surface area contributed by atoms with E-state index in [1.54, 1.807) is 30.3 Å². The highest BCUT2D eigenvalue weighted by Crippen LogP contribution is 2.26. The largest absolute Gasteiger partial charge is 0.467 e. The van der Waals surface area contributed by atoms with Crippen LogP contribution in [0.15, 0.2) is 60.8 Å². The maximum atomic E-state index is 13.2. The van der Waals surface area contributed by atoms with Crippen LogP contribution < -0.4 is 9.46 Å². The molecule has 1 aliphatic heterocycles. The molecule has 0 unspecified atom stereocenters. The van der Waals surface area contributed by atoms with E-state index in [9.17, 15) is 18.3 Å². The van der Waals surface area contributed by atoms with Gasteiger partial charge in [-0.15, -0.1) is 0 Å². The molecule has 0 radical (unpaired) electrons. The van der Waals surface area contributed by atoms with E-state index in [1.165, 1.54) is 0 Å². The predicted molar refractivity (Wildman–Crippen MR) is 135 cm³/mol. The van der Waals surface area contributed by atoms with Crippen molar-refractivity contribution in [3.8, 4) is 5.88 Å². The Balaban J connectivity index is 1.51. The number of anilines is 1. The summed E-state index contributed by atoms with van der Waals surface area (Å²) < 4.78 is 31.3. The number of nitrogens with zero attached hydrogens (tertiary/aromatic N) is 3. The number of likely N-dealkylation sites (tertiary alicyclic amines) is 1. The summed E-state index contributed by atoms with van der Waals surface area (Å²) in [6, 6.07) is 16.2. The first-order chi connectivity index (χ1) is 16.7. The van der Waals surface area contributed by atoms with E-state index in [-0.39, 0.29) is 24.7 Å². The molecule has 186 valence electrons. The molecule has 1 aromatic heterocycles. The first-order valence-electron chi connectivity index (χ1n) is 11.4. The van der Waals surface area contributed by atoms with Crippen LogP contribution in [0.3, 0.4) is 0 Å². The highest BCUT2D eigenvalue weighted by molar-refractivity contribution is 7.92. The van der Waals surface area contributed by atoms with Crippen molar-refractivity contribution in [1.82, 2.24) is 14.8 Å². The molecule has 2 heterocycles. The monoisotopic (exact) mass is 498 g/mol. The van der Waals surface area contributed by atoms with E-state index in [0.717, 1.165) is 29.1 Å². The molecular formula is C25H30N4O5S. The van der Waals surface area contributed by atoms with E-state index in [0.29, 0.717) is 31.1 Å². The van der Waals surface area contributed by atoms with Gasteiger partial charge in [-0.2, -0.15) is 0 Å². The maximum absolute atomic E-state index is 13.2. The first-order valence-corrected chi connectivity index (χ1v) is 13.3. The fourth-order valence-corrected chi connectivity index (χ4v) is 4.84. The zero-order chi connectivity index (χ0) is 25.0. The van der Waals surface area contributed by atoms with Crippen LogP contribution in [0.5, 0.6) is 5.88 Å². The van der Waals surface area contributed by atoms with Crippen LogP contribution in [0.25, 0.3) is 10.8 Å². The Labute approximate surface area is 205 Å². The molecule has 0 aliphatic carbocycles. The third kappa shape index (κ3) is 6.47. The zero-order valence-corrected chi connectivity index (χ0v) is 20.6. The lowest BCUT2D eigenvalue weighted by atomic mass is 10.0. The van der Waals surface area contributed by atoms with E-state index in [2.05, 4.69) is 14.6 Å². The van der Waals surface area contributed by atoms with Crippen molar-refractivity contribution in [2.75, 3.05) is 44.3 Å². The molecule has 1 fully saturated rings. The fourth-order valence-electron chi connectivity index (χ4n) is 4.27. The fraction of sp³-hybridized carbons (Fsp3) is 0.360. The van der Waals surface area contributed by atoms with Crippen LogP contribution in [0.1, 0.15) is 18.0 Å². The van der Waals surface area contributed by atoms with Gasteiger partial charge in [0.05, 0.1) is 18.4 Å². The number of hydrogen-bond acceptors (Lipinski definition) is 7. The third-order valence-electron chi connectivity index (χ3n) is 6.11. The molecule has 2 aromatic carbocycles. The number of amides is 1. The quantitative estimate of drug-likeness (QED) is 0.465. The van der Waals surface area contributed by atoms with Gasteiger partial charge in [-0.1, -0.05) is 30.3 Å². The van der Waals surface area contributed by atoms with E-state index in [4.69, 9.17) is 4.74 Å². The number of likely N-dealkylation sites (N-methyl/N-ethyl adjacent to an activating group) is 1. The Morgan fingerprint density at radius 3 is 2.66 bits per heavy atom. The van der Waals surface area contributed by atoms with Gasteiger partial charge in [0.15, 0.2) is 6.61 Å². The number of nitrogens with one attached hydrogen (secondary N) is 1. The lowest BCUT2D eigenvalue weighted by Gasteiger charge is -2.32.